The molecule has 3 aliphatic rings. The summed E-state index contributed by atoms with van der Waals surface area (Å²) in [6.07, 6.45) is 4.60. The third-order valence-electron chi connectivity index (χ3n) is 8.48. The molecule has 4 rings (SSSR count). The Balaban J connectivity index is 1.61. The molecule has 32 heavy (non-hydrogen) atoms. The van der Waals surface area contributed by atoms with Crippen molar-refractivity contribution in [2.75, 3.05) is 13.2 Å². The molecule has 1 saturated carbocycles. The van der Waals surface area contributed by atoms with Crippen molar-refractivity contribution in [2.24, 2.45) is 22.7 Å². The van der Waals surface area contributed by atoms with Gasteiger partial charge in [0, 0.05) is 17.9 Å². The number of carbonyl (C=O) groups excluding carboxylic acids is 1. The van der Waals surface area contributed by atoms with E-state index in [9.17, 15) is 20.1 Å². The number of rotatable bonds is 5. The first kappa shape index (κ1) is 23.2. The second-order valence-electron chi connectivity index (χ2n) is 10.5. The lowest BCUT2D eigenvalue weighted by molar-refractivity contribution is -0.0143. The van der Waals surface area contributed by atoms with Crippen molar-refractivity contribution >= 4 is 5.97 Å². The number of esters is 1. The highest BCUT2D eigenvalue weighted by Gasteiger charge is 2.55. The molecule has 0 spiro atoms. The summed E-state index contributed by atoms with van der Waals surface area (Å²) in [4.78, 5) is 12.4. The van der Waals surface area contributed by atoms with Gasteiger partial charge in [-0.2, -0.15) is 0 Å². The van der Waals surface area contributed by atoms with Crippen LogP contribution in [0.25, 0.3) is 0 Å². The van der Waals surface area contributed by atoms with Crippen LogP contribution in [0, 0.1) is 22.7 Å². The van der Waals surface area contributed by atoms with E-state index in [1.807, 2.05) is 6.07 Å². The van der Waals surface area contributed by atoms with Crippen LogP contribution in [0.1, 0.15) is 63.2 Å². The molecular weight excluding hydrogens is 404 g/mol. The number of hydrogen-bond donors (Lipinski definition) is 3. The van der Waals surface area contributed by atoms with Crippen LogP contribution in [0.5, 0.6) is 0 Å². The normalized spacial score (nSPS) is 35.4. The Kier molecular flexibility index (Phi) is 6.36. The van der Waals surface area contributed by atoms with Crippen molar-refractivity contribution in [3.8, 4) is 0 Å². The van der Waals surface area contributed by atoms with E-state index in [4.69, 9.17) is 4.74 Å². The van der Waals surface area contributed by atoms with Crippen LogP contribution in [0.4, 0.5) is 0 Å². The van der Waals surface area contributed by atoms with Gasteiger partial charge in [0.05, 0.1) is 17.8 Å². The number of carbonyl (C=O) groups is 1. The lowest BCUT2D eigenvalue weighted by Gasteiger charge is -2.51. The third-order valence-corrected chi connectivity index (χ3v) is 8.48. The fraction of sp³-hybridized carbons (Fsp3) is 0.593. The zero-order valence-electron chi connectivity index (χ0n) is 19.4. The molecule has 3 aliphatic carbocycles. The Morgan fingerprint density at radius 2 is 1.88 bits per heavy atom. The smallest absolute Gasteiger partial charge is 0.338 e. The van der Waals surface area contributed by atoms with E-state index in [0.29, 0.717) is 17.6 Å². The van der Waals surface area contributed by atoms with Crippen molar-refractivity contribution in [3.63, 3.8) is 0 Å². The van der Waals surface area contributed by atoms with Crippen molar-refractivity contribution in [1.82, 2.24) is 0 Å². The fourth-order valence-corrected chi connectivity index (χ4v) is 6.21. The fourth-order valence-electron chi connectivity index (χ4n) is 6.21. The maximum absolute atomic E-state index is 12.4. The van der Waals surface area contributed by atoms with Gasteiger partial charge < -0.3 is 20.1 Å². The van der Waals surface area contributed by atoms with Crippen molar-refractivity contribution in [2.45, 2.75) is 65.1 Å². The first-order chi connectivity index (χ1) is 15.2. The molecule has 1 aromatic rings. The van der Waals surface area contributed by atoms with Gasteiger partial charge in [-0.05, 0) is 61.1 Å². The molecule has 174 valence electrons. The predicted molar refractivity (Wildman–Crippen MR) is 123 cm³/mol. The number of allylic oxidation sites excluding steroid dienone is 1. The molecule has 0 unspecified atom stereocenters. The molecule has 5 heteroatoms. The van der Waals surface area contributed by atoms with Gasteiger partial charge in [0.2, 0.25) is 0 Å². The van der Waals surface area contributed by atoms with Gasteiger partial charge in [0.25, 0.3) is 0 Å². The first-order valence-electron chi connectivity index (χ1n) is 11.8. The Bertz CT molecular complexity index is 919. The van der Waals surface area contributed by atoms with E-state index >= 15 is 0 Å². The van der Waals surface area contributed by atoms with Crippen LogP contribution in [0.2, 0.25) is 0 Å². The number of aliphatic hydroxyl groups excluding tert-OH is 3. The van der Waals surface area contributed by atoms with E-state index in [-0.39, 0.29) is 30.5 Å². The lowest BCUT2D eigenvalue weighted by atomic mass is 9.54. The molecule has 1 aromatic carbocycles. The van der Waals surface area contributed by atoms with Crippen LogP contribution in [-0.2, 0) is 4.74 Å². The Morgan fingerprint density at radius 1 is 1.16 bits per heavy atom. The molecule has 0 aliphatic heterocycles. The molecule has 0 bridgehead atoms. The van der Waals surface area contributed by atoms with E-state index in [0.717, 1.165) is 25.7 Å². The zero-order chi connectivity index (χ0) is 23.1. The van der Waals surface area contributed by atoms with Gasteiger partial charge >= 0.3 is 5.97 Å². The summed E-state index contributed by atoms with van der Waals surface area (Å²) in [7, 11) is 0. The molecule has 1 fully saturated rings. The minimum Gasteiger partial charge on any atom is -0.457 e. The topological polar surface area (TPSA) is 87.0 Å². The average molecular weight is 441 g/mol. The molecule has 6 atom stereocenters. The summed E-state index contributed by atoms with van der Waals surface area (Å²) in [5, 5.41) is 32.3. The minimum atomic E-state index is -0.791. The standard InChI is InChI=1S/C27H36O5/c1-17(15-28)20-9-10-26(2)11-12-27(3)21(24(20)26)14-22(29)19(13-23(27)30)16-32-25(31)18-7-5-4-6-8-18/h4-8,13,17,21-23,28-30H,9-12,14-16H2,1-3H3/t17-,21+,22-,23-,26+,27+/m0/s1. The first-order valence-corrected chi connectivity index (χ1v) is 11.8. The molecule has 5 nitrogen and oxygen atoms in total. The largest absolute Gasteiger partial charge is 0.457 e. The van der Waals surface area contributed by atoms with E-state index in [2.05, 4.69) is 20.8 Å². The quantitative estimate of drug-likeness (QED) is 0.475. The van der Waals surface area contributed by atoms with Crippen molar-refractivity contribution in [1.29, 1.82) is 0 Å². The summed E-state index contributed by atoms with van der Waals surface area (Å²) in [5.41, 5.74) is 3.35. The molecular formula is C27H36O5. The Labute approximate surface area is 190 Å². The summed E-state index contributed by atoms with van der Waals surface area (Å²) in [6, 6.07) is 8.79. The highest BCUT2D eigenvalue weighted by atomic mass is 16.5. The summed E-state index contributed by atoms with van der Waals surface area (Å²) in [5.74, 6) is -0.325. The number of aliphatic hydroxyl groups is 3. The highest BCUT2D eigenvalue weighted by Crippen LogP contribution is 2.63. The van der Waals surface area contributed by atoms with Crippen LogP contribution >= 0.6 is 0 Å². The maximum Gasteiger partial charge on any atom is 0.338 e. The van der Waals surface area contributed by atoms with E-state index < -0.39 is 23.6 Å². The number of hydrogen-bond acceptors (Lipinski definition) is 5. The maximum atomic E-state index is 12.4. The van der Waals surface area contributed by atoms with Crippen LogP contribution in [0.15, 0.2) is 53.1 Å². The Hall–Kier alpha value is -1.95. The average Bonchev–Trinajstić information content (AvgIpc) is 3.11. The molecule has 0 amide bonds. The van der Waals surface area contributed by atoms with Gasteiger partial charge in [-0.25, -0.2) is 4.79 Å². The van der Waals surface area contributed by atoms with Crippen LogP contribution in [-0.4, -0.2) is 46.7 Å². The number of ether oxygens (including phenoxy) is 1. The van der Waals surface area contributed by atoms with Gasteiger partial charge in [-0.15, -0.1) is 0 Å². The number of benzene rings is 1. The highest BCUT2D eigenvalue weighted by molar-refractivity contribution is 5.89. The summed E-state index contributed by atoms with van der Waals surface area (Å²) >= 11 is 0. The van der Waals surface area contributed by atoms with Crippen molar-refractivity contribution < 1.29 is 24.9 Å². The molecule has 0 heterocycles. The SMILES string of the molecule is C[C@@H](CO)C1=C2[C@H]3C[C@H](O)C(COC(=O)c4ccccc4)=C[C@H](O)[C@]3(C)CC[C@@]2(C)CC1. The third kappa shape index (κ3) is 3.95. The van der Waals surface area contributed by atoms with Gasteiger partial charge in [-0.1, -0.05) is 56.2 Å². The Morgan fingerprint density at radius 3 is 2.56 bits per heavy atom. The van der Waals surface area contributed by atoms with Gasteiger partial charge in [0.15, 0.2) is 0 Å². The van der Waals surface area contributed by atoms with Crippen LogP contribution in [0.3, 0.4) is 0 Å². The van der Waals surface area contributed by atoms with Crippen molar-refractivity contribution in [3.05, 3.63) is 58.7 Å². The van der Waals surface area contributed by atoms with Gasteiger partial charge in [0.1, 0.15) is 6.61 Å². The molecule has 0 aromatic heterocycles. The second-order valence-corrected chi connectivity index (χ2v) is 10.5. The second kappa shape index (κ2) is 8.77. The zero-order valence-corrected chi connectivity index (χ0v) is 19.4. The molecule has 0 radical (unpaired) electrons. The number of fused-ring (bicyclic) bond motifs is 3. The monoisotopic (exact) mass is 440 g/mol. The van der Waals surface area contributed by atoms with Gasteiger partial charge in [-0.3, -0.25) is 0 Å². The van der Waals surface area contributed by atoms with E-state index in [1.165, 1.54) is 11.1 Å². The minimum absolute atomic E-state index is 0.0244. The summed E-state index contributed by atoms with van der Waals surface area (Å²) in [6.45, 7) is 6.57. The van der Waals surface area contributed by atoms with Crippen LogP contribution < -0.4 is 0 Å². The lowest BCUT2D eigenvalue weighted by Crippen LogP contribution is -2.46. The summed E-state index contributed by atoms with van der Waals surface area (Å²) < 4.78 is 5.49. The van der Waals surface area contributed by atoms with E-state index in [1.54, 1.807) is 30.3 Å². The molecule has 3 N–H and O–H groups in total. The predicted octanol–water partition coefficient (Wildman–Crippen LogP) is 4.04. The molecule has 0 saturated heterocycles.